The van der Waals surface area contributed by atoms with E-state index in [1.807, 2.05) is 30.1 Å². The van der Waals surface area contributed by atoms with Gasteiger partial charge >= 0.3 is 0 Å². The van der Waals surface area contributed by atoms with Crippen molar-refractivity contribution in [3.05, 3.63) is 29.3 Å². The van der Waals surface area contributed by atoms with Gasteiger partial charge < -0.3 is 20.3 Å². The van der Waals surface area contributed by atoms with E-state index in [1.54, 1.807) is 13.1 Å². The summed E-state index contributed by atoms with van der Waals surface area (Å²) in [7, 11) is 3.70. The van der Waals surface area contributed by atoms with E-state index in [9.17, 15) is 4.79 Å². The number of aliphatic imine (C=N–C) groups is 1. The highest BCUT2D eigenvalue weighted by Crippen LogP contribution is 2.18. The van der Waals surface area contributed by atoms with Crippen LogP contribution in [0.5, 0.6) is 5.75 Å². The quantitative estimate of drug-likeness (QED) is 0.240. The van der Waals surface area contributed by atoms with Crippen LogP contribution >= 0.6 is 35.6 Å². The smallest absolute Gasteiger partial charge is 0.220 e. The molecule has 0 saturated heterocycles. The SMILES string of the molecule is CN=C(NCCCC(=O)NC1CC1)N(C)CCOc1cccc(Cl)c1.I. The molecule has 1 fully saturated rings. The molecule has 2 rings (SSSR count). The third-order valence-corrected chi connectivity index (χ3v) is 4.11. The minimum absolute atomic E-state index is 0. The van der Waals surface area contributed by atoms with Gasteiger partial charge in [0.1, 0.15) is 12.4 Å². The Bertz CT molecular complexity index is 596. The van der Waals surface area contributed by atoms with Gasteiger partial charge in [0.15, 0.2) is 5.96 Å². The van der Waals surface area contributed by atoms with Crippen molar-refractivity contribution in [1.82, 2.24) is 15.5 Å². The van der Waals surface area contributed by atoms with E-state index < -0.39 is 0 Å². The third-order valence-electron chi connectivity index (χ3n) is 3.87. The molecule has 0 spiro atoms. The minimum Gasteiger partial charge on any atom is -0.492 e. The lowest BCUT2D eigenvalue weighted by atomic mass is 10.3. The zero-order valence-electron chi connectivity index (χ0n) is 15.3. The number of hydrogen-bond donors (Lipinski definition) is 2. The predicted molar refractivity (Wildman–Crippen MR) is 117 cm³/mol. The van der Waals surface area contributed by atoms with E-state index in [2.05, 4.69) is 15.6 Å². The fraction of sp³-hybridized carbons (Fsp3) is 0.556. The predicted octanol–water partition coefficient (Wildman–Crippen LogP) is 2.90. The molecule has 1 amide bonds. The molecule has 26 heavy (non-hydrogen) atoms. The first-order valence-electron chi connectivity index (χ1n) is 8.68. The number of carbonyl (C=O) groups excluding carboxylic acids is 1. The fourth-order valence-corrected chi connectivity index (χ4v) is 2.50. The second-order valence-corrected chi connectivity index (χ2v) is 6.58. The summed E-state index contributed by atoms with van der Waals surface area (Å²) < 4.78 is 5.69. The van der Waals surface area contributed by atoms with Gasteiger partial charge in [0, 0.05) is 38.1 Å². The van der Waals surface area contributed by atoms with Crippen LogP contribution in [0.2, 0.25) is 5.02 Å². The lowest BCUT2D eigenvalue weighted by Gasteiger charge is -2.22. The van der Waals surface area contributed by atoms with Crippen LogP contribution in [0.15, 0.2) is 29.3 Å². The molecular weight excluding hydrogens is 467 g/mol. The minimum atomic E-state index is 0. The normalized spacial score (nSPS) is 13.6. The van der Waals surface area contributed by atoms with Gasteiger partial charge in [-0.15, -0.1) is 24.0 Å². The Morgan fingerprint density at radius 3 is 2.85 bits per heavy atom. The molecule has 0 aliphatic heterocycles. The van der Waals surface area contributed by atoms with Crippen molar-refractivity contribution in [2.24, 2.45) is 4.99 Å². The van der Waals surface area contributed by atoms with E-state index in [-0.39, 0.29) is 29.9 Å². The van der Waals surface area contributed by atoms with Crippen molar-refractivity contribution >= 4 is 47.4 Å². The summed E-state index contributed by atoms with van der Waals surface area (Å²) in [6.07, 6.45) is 3.57. The maximum Gasteiger partial charge on any atom is 0.220 e. The molecule has 0 heterocycles. The molecule has 2 N–H and O–H groups in total. The lowest BCUT2D eigenvalue weighted by Crippen LogP contribution is -2.41. The number of halogens is 2. The van der Waals surface area contributed by atoms with Gasteiger partial charge in [-0.2, -0.15) is 0 Å². The van der Waals surface area contributed by atoms with Crippen LogP contribution in [0.3, 0.4) is 0 Å². The van der Waals surface area contributed by atoms with E-state index in [1.165, 1.54) is 0 Å². The first-order chi connectivity index (χ1) is 12.1. The van der Waals surface area contributed by atoms with E-state index >= 15 is 0 Å². The molecule has 8 heteroatoms. The van der Waals surface area contributed by atoms with Crippen LogP contribution in [-0.2, 0) is 4.79 Å². The molecule has 1 aromatic rings. The summed E-state index contributed by atoms with van der Waals surface area (Å²) in [6, 6.07) is 7.78. The van der Waals surface area contributed by atoms with Crippen LogP contribution in [0.4, 0.5) is 0 Å². The third kappa shape index (κ3) is 8.93. The summed E-state index contributed by atoms with van der Waals surface area (Å²) in [4.78, 5) is 17.9. The topological polar surface area (TPSA) is 66.0 Å². The van der Waals surface area contributed by atoms with Gasteiger partial charge in [-0.25, -0.2) is 0 Å². The number of carbonyl (C=O) groups is 1. The Morgan fingerprint density at radius 1 is 1.42 bits per heavy atom. The molecule has 6 nitrogen and oxygen atoms in total. The van der Waals surface area contributed by atoms with E-state index in [0.717, 1.165) is 31.0 Å². The van der Waals surface area contributed by atoms with Crippen LogP contribution in [0.25, 0.3) is 0 Å². The standard InChI is InChI=1S/C18H27ClN4O2.HI/c1-20-18(21-10-4-7-17(24)22-15-8-9-15)23(2)11-12-25-16-6-3-5-14(19)13-16;/h3,5-6,13,15H,4,7-12H2,1-2H3,(H,20,21)(H,22,24);1H. The first kappa shape index (κ1) is 22.8. The van der Waals surface area contributed by atoms with Crippen LogP contribution < -0.4 is 15.4 Å². The fourth-order valence-electron chi connectivity index (χ4n) is 2.32. The molecule has 1 aliphatic carbocycles. The second kappa shape index (κ2) is 12.2. The largest absolute Gasteiger partial charge is 0.492 e. The van der Waals surface area contributed by atoms with Crippen molar-refractivity contribution in [3.63, 3.8) is 0 Å². The Kier molecular flexibility index (Phi) is 10.7. The van der Waals surface area contributed by atoms with Gasteiger partial charge in [-0.1, -0.05) is 17.7 Å². The van der Waals surface area contributed by atoms with E-state index in [4.69, 9.17) is 16.3 Å². The molecular formula is C18H28ClIN4O2. The van der Waals surface area contributed by atoms with Gasteiger partial charge in [-0.05, 0) is 37.5 Å². The molecule has 0 aromatic heterocycles. The maximum absolute atomic E-state index is 11.6. The number of amides is 1. The van der Waals surface area contributed by atoms with Crippen LogP contribution in [-0.4, -0.2) is 56.6 Å². The van der Waals surface area contributed by atoms with Crippen molar-refractivity contribution < 1.29 is 9.53 Å². The summed E-state index contributed by atoms with van der Waals surface area (Å²) in [5.74, 6) is 1.69. The summed E-state index contributed by atoms with van der Waals surface area (Å²) in [6.45, 7) is 1.93. The summed E-state index contributed by atoms with van der Waals surface area (Å²) in [5, 5.41) is 6.92. The average Bonchev–Trinajstić information content (AvgIpc) is 3.38. The zero-order valence-corrected chi connectivity index (χ0v) is 18.4. The molecule has 1 saturated carbocycles. The molecule has 1 aromatic carbocycles. The van der Waals surface area contributed by atoms with Crippen LogP contribution in [0, 0.1) is 0 Å². The monoisotopic (exact) mass is 494 g/mol. The van der Waals surface area contributed by atoms with Gasteiger partial charge in [0.25, 0.3) is 0 Å². The number of nitrogens with one attached hydrogen (secondary N) is 2. The molecule has 0 unspecified atom stereocenters. The maximum atomic E-state index is 11.6. The highest BCUT2D eigenvalue weighted by atomic mass is 127. The number of ether oxygens (including phenoxy) is 1. The average molecular weight is 495 g/mol. The molecule has 1 aliphatic rings. The van der Waals surface area contributed by atoms with Crippen molar-refractivity contribution in [3.8, 4) is 5.75 Å². The highest BCUT2D eigenvalue weighted by Gasteiger charge is 2.22. The van der Waals surface area contributed by atoms with Gasteiger partial charge in [0.2, 0.25) is 5.91 Å². The Labute approximate surface area is 177 Å². The van der Waals surface area contributed by atoms with Gasteiger partial charge in [0.05, 0.1) is 6.54 Å². The van der Waals surface area contributed by atoms with Crippen molar-refractivity contribution in [1.29, 1.82) is 0 Å². The number of guanidine groups is 1. The van der Waals surface area contributed by atoms with Crippen molar-refractivity contribution in [2.75, 3.05) is 33.8 Å². The molecule has 146 valence electrons. The first-order valence-corrected chi connectivity index (χ1v) is 9.06. The molecule has 0 radical (unpaired) electrons. The van der Waals surface area contributed by atoms with Crippen molar-refractivity contribution in [2.45, 2.75) is 31.7 Å². The number of rotatable bonds is 9. The van der Waals surface area contributed by atoms with Crippen LogP contribution in [0.1, 0.15) is 25.7 Å². The zero-order chi connectivity index (χ0) is 18.1. The Balaban J connectivity index is 0.00000338. The number of hydrogen-bond acceptors (Lipinski definition) is 3. The Morgan fingerprint density at radius 2 is 2.19 bits per heavy atom. The molecule has 0 bridgehead atoms. The van der Waals surface area contributed by atoms with Gasteiger partial charge in [-0.3, -0.25) is 9.79 Å². The summed E-state index contributed by atoms with van der Waals surface area (Å²) >= 11 is 5.94. The highest BCUT2D eigenvalue weighted by molar-refractivity contribution is 14.0. The number of nitrogens with zero attached hydrogens (tertiary/aromatic N) is 2. The Hall–Kier alpha value is -1.22. The summed E-state index contributed by atoms with van der Waals surface area (Å²) in [5.41, 5.74) is 0. The number of benzene rings is 1. The number of likely N-dealkylation sites (N-methyl/N-ethyl adjacent to an activating group) is 1. The lowest BCUT2D eigenvalue weighted by molar-refractivity contribution is -0.121. The van der Waals surface area contributed by atoms with E-state index in [0.29, 0.717) is 37.2 Å². The second-order valence-electron chi connectivity index (χ2n) is 6.15. The molecule has 0 atom stereocenters.